The number of nitrogens with one attached hydrogen (secondary N) is 1. The van der Waals surface area contributed by atoms with Crippen LogP contribution in [0.4, 0.5) is 13.2 Å². The molecule has 0 heterocycles. The molecule has 33 heavy (non-hydrogen) atoms. The van der Waals surface area contributed by atoms with Crippen LogP contribution in [-0.2, 0) is 11.4 Å². The number of aryl methyl sites for hydroxylation is 1. The van der Waals surface area contributed by atoms with Crippen LogP contribution >= 0.6 is 0 Å². The number of allylic oxidation sites excluding steroid dienone is 1. The number of hydrogen-bond acceptors (Lipinski definition) is 4. The Morgan fingerprint density at radius 2 is 1.73 bits per heavy atom. The van der Waals surface area contributed by atoms with Gasteiger partial charge >= 0.3 is 12.3 Å². The van der Waals surface area contributed by atoms with Crippen molar-refractivity contribution in [2.75, 3.05) is 0 Å². The summed E-state index contributed by atoms with van der Waals surface area (Å²) in [5.74, 6) is -2.09. The standard InChI is InChI=1S/C24H20F3NO5/c1-3-20(23(30)31)28-22(29)18-11-8-16-7-4-14(2)12-19(16)21(18)32-13-15-5-9-17(10-6-15)33-24(25,26)27/h3-12H,13H2,1-2H3,(H,28,29)(H,30,31)/b20-3+. The number of carbonyl (C=O) groups is 2. The molecule has 0 spiro atoms. The molecule has 0 aliphatic heterocycles. The fourth-order valence-corrected chi connectivity index (χ4v) is 3.12. The summed E-state index contributed by atoms with van der Waals surface area (Å²) in [6.45, 7) is 3.31. The first-order valence-corrected chi connectivity index (χ1v) is 9.79. The molecule has 6 nitrogen and oxygen atoms in total. The molecule has 0 aliphatic rings. The Bertz CT molecular complexity index is 1220. The van der Waals surface area contributed by atoms with Gasteiger partial charge in [0.1, 0.15) is 23.8 Å². The van der Waals surface area contributed by atoms with E-state index < -0.39 is 18.2 Å². The van der Waals surface area contributed by atoms with Gasteiger partial charge in [-0.15, -0.1) is 13.2 Å². The average Bonchev–Trinajstić information content (AvgIpc) is 2.75. The highest BCUT2D eigenvalue weighted by Gasteiger charge is 2.31. The second-order valence-electron chi connectivity index (χ2n) is 7.11. The summed E-state index contributed by atoms with van der Waals surface area (Å²) in [5, 5.41) is 13.0. The zero-order chi connectivity index (χ0) is 24.2. The molecule has 3 aromatic rings. The zero-order valence-corrected chi connectivity index (χ0v) is 17.7. The number of halogens is 3. The average molecular weight is 459 g/mol. The van der Waals surface area contributed by atoms with E-state index in [0.717, 1.165) is 23.1 Å². The van der Waals surface area contributed by atoms with Gasteiger partial charge in [0.15, 0.2) is 0 Å². The van der Waals surface area contributed by atoms with Crippen LogP contribution in [0.5, 0.6) is 11.5 Å². The second-order valence-corrected chi connectivity index (χ2v) is 7.11. The van der Waals surface area contributed by atoms with Crippen molar-refractivity contribution >= 4 is 22.6 Å². The Labute approximate surface area is 187 Å². The van der Waals surface area contributed by atoms with E-state index in [0.29, 0.717) is 10.9 Å². The van der Waals surface area contributed by atoms with E-state index in [9.17, 15) is 27.9 Å². The zero-order valence-electron chi connectivity index (χ0n) is 17.7. The number of hydrogen-bond donors (Lipinski definition) is 2. The first-order chi connectivity index (χ1) is 15.6. The highest BCUT2D eigenvalue weighted by molar-refractivity contribution is 6.06. The summed E-state index contributed by atoms with van der Waals surface area (Å²) in [6, 6.07) is 14.0. The van der Waals surface area contributed by atoms with Crippen molar-refractivity contribution in [3.8, 4) is 11.5 Å². The van der Waals surface area contributed by atoms with Crippen LogP contribution in [0.15, 0.2) is 66.4 Å². The van der Waals surface area contributed by atoms with Gasteiger partial charge in [-0.1, -0.05) is 42.0 Å². The molecule has 2 N–H and O–H groups in total. The molecule has 0 fully saturated rings. The molecule has 0 bridgehead atoms. The summed E-state index contributed by atoms with van der Waals surface area (Å²) in [7, 11) is 0. The van der Waals surface area contributed by atoms with Crippen LogP contribution in [-0.4, -0.2) is 23.3 Å². The maximum absolute atomic E-state index is 12.8. The van der Waals surface area contributed by atoms with Gasteiger partial charge in [0.25, 0.3) is 5.91 Å². The van der Waals surface area contributed by atoms with Crippen LogP contribution in [0.3, 0.4) is 0 Å². The summed E-state index contributed by atoms with van der Waals surface area (Å²) in [5.41, 5.74) is 1.29. The molecule has 9 heteroatoms. The number of carbonyl (C=O) groups excluding carboxylic acids is 1. The smallest absolute Gasteiger partial charge is 0.487 e. The molecule has 3 rings (SSSR count). The van der Waals surface area contributed by atoms with Crippen LogP contribution in [0.1, 0.15) is 28.4 Å². The molecule has 0 aliphatic carbocycles. The molecule has 1 amide bonds. The third kappa shape index (κ3) is 6.03. The van der Waals surface area contributed by atoms with E-state index in [1.165, 1.54) is 31.2 Å². The lowest BCUT2D eigenvalue weighted by molar-refractivity contribution is -0.274. The minimum atomic E-state index is -4.79. The quantitative estimate of drug-likeness (QED) is 0.466. The maximum Gasteiger partial charge on any atom is 0.573 e. The van der Waals surface area contributed by atoms with Crippen molar-refractivity contribution < 1.29 is 37.3 Å². The highest BCUT2D eigenvalue weighted by atomic mass is 19.4. The van der Waals surface area contributed by atoms with Gasteiger partial charge in [-0.05, 0) is 49.1 Å². The maximum atomic E-state index is 12.8. The number of aliphatic carboxylic acids is 1. The monoisotopic (exact) mass is 459 g/mol. The van der Waals surface area contributed by atoms with E-state index in [-0.39, 0.29) is 29.4 Å². The number of amides is 1. The topological polar surface area (TPSA) is 84.9 Å². The largest absolute Gasteiger partial charge is 0.573 e. The minimum Gasteiger partial charge on any atom is -0.487 e. The first-order valence-electron chi connectivity index (χ1n) is 9.79. The normalized spacial score (nSPS) is 11.8. The molecule has 0 atom stereocenters. The molecule has 3 aromatic carbocycles. The minimum absolute atomic E-state index is 0.0466. The number of carboxylic acid groups (broad SMARTS) is 1. The van der Waals surface area contributed by atoms with Crippen molar-refractivity contribution in [2.45, 2.75) is 26.8 Å². The Morgan fingerprint density at radius 1 is 1.06 bits per heavy atom. The number of ether oxygens (including phenoxy) is 2. The molecule has 0 radical (unpaired) electrons. The molecule has 0 saturated carbocycles. The Kier molecular flexibility index (Phi) is 6.91. The molecule has 172 valence electrons. The van der Waals surface area contributed by atoms with Gasteiger partial charge in [0.2, 0.25) is 0 Å². The van der Waals surface area contributed by atoms with Gasteiger partial charge in [-0.3, -0.25) is 4.79 Å². The van der Waals surface area contributed by atoms with Crippen molar-refractivity contribution in [1.29, 1.82) is 0 Å². The lowest BCUT2D eigenvalue weighted by Crippen LogP contribution is -2.27. The van der Waals surface area contributed by atoms with Crippen molar-refractivity contribution in [1.82, 2.24) is 5.32 Å². The van der Waals surface area contributed by atoms with Gasteiger partial charge in [-0.2, -0.15) is 0 Å². The van der Waals surface area contributed by atoms with Gasteiger partial charge < -0.3 is 19.9 Å². The second kappa shape index (κ2) is 9.64. The Morgan fingerprint density at radius 3 is 2.33 bits per heavy atom. The Hall–Kier alpha value is -4.01. The number of fused-ring (bicyclic) bond motifs is 1. The lowest BCUT2D eigenvalue weighted by Gasteiger charge is -2.16. The molecule has 0 unspecified atom stereocenters. The van der Waals surface area contributed by atoms with Crippen molar-refractivity contribution in [3.63, 3.8) is 0 Å². The number of rotatable bonds is 7. The van der Waals surface area contributed by atoms with E-state index >= 15 is 0 Å². The SMILES string of the molecule is C/C=C(/NC(=O)c1ccc2ccc(C)cc2c1OCc1ccc(OC(F)(F)F)cc1)C(=O)O. The van der Waals surface area contributed by atoms with Gasteiger partial charge in [0, 0.05) is 5.39 Å². The predicted molar refractivity (Wildman–Crippen MR) is 115 cm³/mol. The summed E-state index contributed by atoms with van der Waals surface area (Å²) < 4.78 is 46.9. The predicted octanol–water partition coefficient (Wildman–Crippen LogP) is 5.34. The highest BCUT2D eigenvalue weighted by Crippen LogP contribution is 2.32. The Balaban J connectivity index is 1.92. The fraction of sp³-hybridized carbons (Fsp3) is 0.167. The van der Waals surface area contributed by atoms with Crippen molar-refractivity contribution in [3.05, 3.63) is 83.1 Å². The van der Waals surface area contributed by atoms with Gasteiger partial charge in [-0.25, -0.2) is 4.79 Å². The summed E-state index contributed by atoms with van der Waals surface area (Å²) >= 11 is 0. The number of carboxylic acids is 1. The summed E-state index contributed by atoms with van der Waals surface area (Å²) in [4.78, 5) is 24.1. The fourth-order valence-electron chi connectivity index (χ4n) is 3.12. The van der Waals surface area contributed by atoms with E-state index in [4.69, 9.17) is 4.74 Å². The first kappa shape index (κ1) is 23.6. The molecular weight excluding hydrogens is 439 g/mol. The van der Waals surface area contributed by atoms with E-state index in [1.54, 1.807) is 6.07 Å². The molecule has 0 aromatic heterocycles. The lowest BCUT2D eigenvalue weighted by atomic mass is 10.0. The third-order valence-electron chi connectivity index (χ3n) is 4.68. The number of benzene rings is 3. The van der Waals surface area contributed by atoms with E-state index in [1.807, 2.05) is 25.1 Å². The van der Waals surface area contributed by atoms with E-state index in [2.05, 4.69) is 10.1 Å². The molecule has 0 saturated heterocycles. The van der Waals surface area contributed by atoms with Crippen LogP contribution in [0.25, 0.3) is 10.8 Å². The van der Waals surface area contributed by atoms with Crippen LogP contribution in [0, 0.1) is 6.92 Å². The van der Waals surface area contributed by atoms with Crippen LogP contribution in [0.2, 0.25) is 0 Å². The van der Waals surface area contributed by atoms with Gasteiger partial charge in [0.05, 0.1) is 5.56 Å². The van der Waals surface area contributed by atoms with Crippen molar-refractivity contribution in [2.24, 2.45) is 0 Å². The van der Waals surface area contributed by atoms with Crippen LogP contribution < -0.4 is 14.8 Å². The third-order valence-corrected chi connectivity index (χ3v) is 4.68. The molecular formula is C24H20F3NO5. The summed E-state index contributed by atoms with van der Waals surface area (Å²) in [6.07, 6.45) is -3.53. The number of alkyl halides is 3.